The van der Waals surface area contributed by atoms with Crippen LogP contribution in [0.25, 0.3) is 22.4 Å². The van der Waals surface area contributed by atoms with Crippen LogP contribution in [0.15, 0.2) is 61.4 Å². The van der Waals surface area contributed by atoms with Gasteiger partial charge in [0, 0.05) is 35.1 Å². The second-order valence-electron chi connectivity index (χ2n) is 7.54. The molecular weight excluding hydrogens is 372 g/mol. The summed E-state index contributed by atoms with van der Waals surface area (Å²) in [5.41, 5.74) is 4.54. The topological polar surface area (TPSA) is 51.0 Å². The standard InChI is InChI=1S/C22H21ClN4O/c1-4-19(28)26-13-18-20(15-9-11-24-12-10-15)21(16-5-7-17(23)8-6-16)25-27(18)22(2,3)14-26/h4-12H,1,13-14H2,2-3H3. The van der Waals surface area contributed by atoms with Gasteiger partial charge in [0.1, 0.15) is 5.69 Å². The lowest BCUT2D eigenvalue weighted by Gasteiger charge is -2.39. The third kappa shape index (κ3) is 3.12. The van der Waals surface area contributed by atoms with Crippen LogP contribution in [-0.4, -0.2) is 32.1 Å². The zero-order valence-electron chi connectivity index (χ0n) is 15.9. The summed E-state index contributed by atoms with van der Waals surface area (Å²) < 4.78 is 2.06. The zero-order chi connectivity index (χ0) is 19.9. The molecule has 0 atom stereocenters. The molecule has 4 rings (SSSR count). The minimum absolute atomic E-state index is 0.0748. The molecule has 0 N–H and O–H groups in total. The van der Waals surface area contributed by atoms with Crippen molar-refractivity contribution in [2.45, 2.75) is 25.9 Å². The molecule has 5 nitrogen and oxygen atoms in total. The molecule has 0 bridgehead atoms. The van der Waals surface area contributed by atoms with Gasteiger partial charge in [0.2, 0.25) is 5.91 Å². The number of carbonyl (C=O) groups excluding carboxylic acids is 1. The molecule has 2 aromatic heterocycles. The SMILES string of the molecule is C=CC(=O)N1Cc2c(-c3ccncc3)c(-c3ccc(Cl)cc3)nn2C(C)(C)C1. The Morgan fingerprint density at radius 3 is 2.46 bits per heavy atom. The highest BCUT2D eigenvalue weighted by molar-refractivity contribution is 6.30. The summed E-state index contributed by atoms with van der Waals surface area (Å²) >= 11 is 6.08. The highest BCUT2D eigenvalue weighted by atomic mass is 35.5. The normalized spacial score (nSPS) is 15.2. The number of carbonyl (C=O) groups is 1. The van der Waals surface area contributed by atoms with E-state index in [0.29, 0.717) is 18.1 Å². The van der Waals surface area contributed by atoms with E-state index in [9.17, 15) is 4.79 Å². The van der Waals surface area contributed by atoms with Crippen LogP contribution in [0.3, 0.4) is 0 Å². The lowest BCUT2D eigenvalue weighted by molar-refractivity contribution is -0.129. The molecule has 0 saturated carbocycles. The summed E-state index contributed by atoms with van der Waals surface area (Å²) in [6.07, 6.45) is 4.91. The van der Waals surface area contributed by atoms with Gasteiger partial charge < -0.3 is 4.90 Å². The van der Waals surface area contributed by atoms with Crippen molar-refractivity contribution in [2.24, 2.45) is 0 Å². The molecule has 1 aromatic carbocycles. The lowest BCUT2D eigenvalue weighted by atomic mass is 9.96. The van der Waals surface area contributed by atoms with Gasteiger partial charge in [-0.3, -0.25) is 14.5 Å². The third-order valence-corrected chi connectivity index (χ3v) is 5.30. The predicted octanol–water partition coefficient (Wildman–Crippen LogP) is 4.53. The lowest BCUT2D eigenvalue weighted by Crippen LogP contribution is -2.49. The number of rotatable bonds is 3. The van der Waals surface area contributed by atoms with Crippen LogP contribution in [0.1, 0.15) is 19.5 Å². The average molecular weight is 393 g/mol. The van der Waals surface area contributed by atoms with Crippen LogP contribution < -0.4 is 0 Å². The van der Waals surface area contributed by atoms with Gasteiger partial charge in [-0.05, 0) is 49.8 Å². The van der Waals surface area contributed by atoms with E-state index < -0.39 is 0 Å². The highest BCUT2D eigenvalue weighted by Gasteiger charge is 2.37. The van der Waals surface area contributed by atoms with E-state index in [1.165, 1.54) is 6.08 Å². The van der Waals surface area contributed by atoms with E-state index in [2.05, 4.69) is 30.1 Å². The Morgan fingerprint density at radius 2 is 1.82 bits per heavy atom. The Balaban J connectivity index is 1.97. The molecule has 3 heterocycles. The van der Waals surface area contributed by atoms with Crippen LogP contribution >= 0.6 is 11.6 Å². The van der Waals surface area contributed by atoms with Gasteiger partial charge in [-0.2, -0.15) is 5.10 Å². The maximum absolute atomic E-state index is 12.4. The minimum Gasteiger partial charge on any atom is -0.331 e. The first kappa shape index (κ1) is 18.4. The van der Waals surface area contributed by atoms with Crippen molar-refractivity contribution in [1.82, 2.24) is 19.7 Å². The van der Waals surface area contributed by atoms with Crippen molar-refractivity contribution in [3.05, 3.63) is 72.2 Å². The first-order valence-electron chi connectivity index (χ1n) is 9.11. The van der Waals surface area contributed by atoms with Crippen LogP contribution in [0.2, 0.25) is 5.02 Å². The van der Waals surface area contributed by atoms with Crippen molar-refractivity contribution < 1.29 is 4.79 Å². The Hall–Kier alpha value is -2.92. The van der Waals surface area contributed by atoms with E-state index >= 15 is 0 Å². The van der Waals surface area contributed by atoms with Gasteiger partial charge >= 0.3 is 0 Å². The number of halogens is 1. The maximum Gasteiger partial charge on any atom is 0.246 e. The van der Waals surface area contributed by atoms with Gasteiger partial charge in [0.15, 0.2) is 0 Å². The summed E-state index contributed by atoms with van der Waals surface area (Å²) in [6, 6.07) is 11.6. The molecular formula is C22H21ClN4O. The van der Waals surface area contributed by atoms with Crippen molar-refractivity contribution in [2.75, 3.05) is 6.54 Å². The molecule has 0 spiro atoms. The van der Waals surface area contributed by atoms with Gasteiger partial charge in [-0.1, -0.05) is 30.3 Å². The smallest absolute Gasteiger partial charge is 0.246 e. The average Bonchev–Trinajstić information content (AvgIpc) is 3.08. The van der Waals surface area contributed by atoms with Gasteiger partial charge in [-0.15, -0.1) is 0 Å². The number of hydrogen-bond acceptors (Lipinski definition) is 3. The van der Waals surface area contributed by atoms with E-state index in [-0.39, 0.29) is 11.4 Å². The van der Waals surface area contributed by atoms with Gasteiger partial charge in [0.05, 0.1) is 17.8 Å². The molecule has 0 fully saturated rings. The second-order valence-corrected chi connectivity index (χ2v) is 7.97. The fourth-order valence-corrected chi connectivity index (χ4v) is 3.91. The summed E-state index contributed by atoms with van der Waals surface area (Å²) in [5, 5.41) is 5.67. The molecule has 142 valence electrons. The van der Waals surface area contributed by atoms with E-state index in [1.54, 1.807) is 12.4 Å². The van der Waals surface area contributed by atoms with Crippen LogP contribution in [-0.2, 0) is 16.9 Å². The van der Waals surface area contributed by atoms with Crippen molar-refractivity contribution >= 4 is 17.5 Å². The molecule has 0 aliphatic carbocycles. The summed E-state index contributed by atoms with van der Waals surface area (Å²) in [5.74, 6) is -0.0748. The van der Waals surface area contributed by atoms with Crippen molar-refractivity contribution in [3.63, 3.8) is 0 Å². The molecule has 6 heteroatoms. The molecule has 1 aliphatic rings. The monoisotopic (exact) mass is 392 g/mol. The number of benzene rings is 1. The third-order valence-electron chi connectivity index (χ3n) is 5.05. The predicted molar refractivity (Wildman–Crippen MR) is 111 cm³/mol. The summed E-state index contributed by atoms with van der Waals surface area (Å²) in [4.78, 5) is 18.3. The molecule has 1 aliphatic heterocycles. The largest absolute Gasteiger partial charge is 0.331 e. The maximum atomic E-state index is 12.4. The van der Waals surface area contributed by atoms with Crippen LogP contribution in [0, 0.1) is 0 Å². The van der Waals surface area contributed by atoms with E-state index in [4.69, 9.17) is 16.7 Å². The number of pyridine rings is 1. The molecule has 0 saturated heterocycles. The number of amides is 1. The Kier molecular flexibility index (Phi) is 4.55. The zero-order valence-corrected chi connectivity index (χ0v) is 16.6. The second kappa shape index (κ2) is 6.91. The first-order valence-corrected chi connectivity index (χ1v) is 9.48. The van der Waals surface area contributed by atoms with Crippen LogP contribution in [0.5, 0.6) is 0 Å². The Morgan fingerprint density at radius 1 is 1.14 bits per heavy atom. The number of fused-ring (bicyclic) bond motifs is 1. The molecule has 0 radical (unpaired) electrons. The van der Waals surface area contributed by atoms with E-state index in [0.717, 1.165) is 28.1 Å². The van der Waals surface area contributed by atoms with E-state index in [1.807, 2.05) is 41.3 Å². The summed E-state index contributed by atoms with van der Waals surface area (Å²) in [7, 11) is 0. The fourth-order valence-electron chi connectivity index (χ4n) is 3.79. The van der Waals surface area contributed by atoms with Crippen molar-refractivity contribution in [3.8, 4) is 22.4 Å². The number of hydrogen-bond donors (Lipinski definition) is 0. The van der Waals surface area contributed by atoms with Gasteiger partial charge in [-0.25, -0.2) is 0 Å². The Bertz CT molecular complexity index is 1040. The first-order chi connectivity index (χ1) is 13.4. The number of nitrogens with zero attached hydrogens (tertiary/aromatic N) is 4. The van der Waals surface area contributed by atoms with Crippen molar-refractivity contribution in [1.29, 1.82) is 0 Å². The molecule has 3 aromatic rings. The van der Waals surface area contributed by atoms with Crippen LogP contribution in [0.4, 0.5) is 0 Å². The fraction of sp³-hybridized carbons (Fsp3) is 0.227. The summed E-state index contributed by atoms with van der Waals surface area (Å²) in [6.45, 7) is 8.88. The minimum atomic E-state index is -0.349. The number of aromatic nitrogens is 3. The van der Waals surface area contributed by atoms with Gasteiger partial charge in [0.25, 0.3) is 0 Å². The molecule has 0 unspecified atom stereocenters. The highest BCUT2D eigenvalue weighted by Crippen LogP contribution is 2.40. The molecule has 28 heavy (non-hydrogen) atoms. The Labute approximate surface area is 169 Å². The molecule has 1 amide bonds. The quantitative estimate of drug-likeness (QED) is 0.615.